The first-order valence-corrected chi connectivity index (χ1v) is 12.0. The smallest absolute Gasteiger partial charge is 0.438 e. The monoisotopic (exact) mass is 524 g/mol. The number of ether oxygens (including phenoxy) is 3. The lowest BCUT2D eigenvalue weighted by atomic mass is 9.92. The Hall–Kier alpha value is -1.36. The Bertz CT molecular complexity index is 825. The summed E-state index contributed by atoms with van der Waals surface area (Å²) in [6.45, 7) is 7.48. The van der Waals surface area contributed by atoms with Gasteiger partial charge in [0.25, 0.3) is 0 Å². The van der Waals surface area contributed by atoms with Gasteiger partial charge >= 0.3 is 6.09 Å². The zero-order valence-corrected chi connectivity index (χ0v) is 21.5. The van der Waals surface area contributed by atoms with Crippen LogP contribution in [0.15, 0.2) is 29.2 Å². The second-order valence-corrected chi connectivity index (χ2v) is 11.3. The molecule has 0 saturated carbocycles. The topological polar surface area (TPSA) is 118 Å². The van der Waals surface area contributed by atoms with E-state index < -0.39 is 16.5 Å². The maximum Gasteiger partial charge on any atom is 0.438 e. The van der Waals surface area contributed by atoms with E-state index in [-0.39, 0.29) is 11.7 Å². The van der Waals surface area contributed by atoms with Gasteiger partial charge in [0.15, 0.2) is 12.0 Å². The van der Waals surface area contributed by atoms with Crippen molar-refractivity contribution in [3.63, 3.8) is 0 Å². The predicted molar refractivity (Wildman–Crippen MR) is 129 cm³/mol. The Labute approximate surface area is 209 Å². The van der Waals surface area contributed by atoms with E-state index in [1.807, 2.05) is 27.0 Å². The molecule has 1 atom stereocenters. The van der Waals surface area contributed by atoms with Gasteiger partial charge in [-0.15, -0.1) is 4.99 Å². The van der Waals surface area contributed by atoms with Crippen LogP contribution in [-0.2, 0) is 20.8 Å². The Morgan fingerprint density at radius 1 is 1.39 bits per heavy atom. The van der Waals surface area contributed by atoms with E-state index in [2.05, 4.69) is 10.1 Å². The highest BCUT2D eigenvalue weighted by Crippen LogP contribution is 2.26. The second kappa shape index (κ2) is 12.9. The maximum atomic E-state index is 12.1. The van der Waals surface area contributed by atoms with Crippen molar-refractivity contribution in [1.29, 1.82) is 0 Å². The summed E-state index contributed by atoms with van der Waals surface area (Å²) in [5.74, 6) is 0.300. The first-order chi connectivity index (χ1) is 15.4. The molecule has 1 aliphatic rings. The summed E-state index contributed by atoms with van der Waals surface area (Å²) in [6.07, 6.45) is 8.12. The number of aliphatic imine (C=N–C) groups is 1. The van der Waals surface area contributed by atoms with E-state index in [1.165, 1.54) is 0 Å². The molecule has 1 aromatic rings. The van der Waals surface area contributed by atoms with E-state index in [0.717, 1.165) is 38.0 Å². The van der Waals surface area contributed by atoms with Gasteiger partial charge in [-0.25, -0.2) is 4.79 Å². The van der Waals surface area contributed by atoms with Gasteiger partial charge in [-0.3, -0.25) is 10.00 Å². The summed E-state index contributed by atoms with van der Waals surface area (Å²) < 4.78 is 16.3. The summed E-state index contributed by atoms with van der Waals surface area (Å²) in [4.78, 5) is 16.1. The van der Waals surface area contributed by atoms with E-state index in [4.69, 9.17) is 54.7 Å². The van der Waals surface area contributed by atoms with E-state index in [0.29, 0.717) is 24.7 Å². The number of rotatable bonds is 8. The van der Waals surface area contributed by atoms with Crippen LogP contribution in [0.3, 0.4) is 0 Å². The SMILES string of the molecule is CC(C)(C)/C(N)=C/C(=N\C(=O)OCC(Cl)(Cl)Cl)[NH2+]c1cnn(CCCOC2CCCCO2)c1. The number of hydrogen-bond donors (Lipinski definition) is 2. The predicted octanol–water partition coefficient (Wildman–Crippen LogP) is 3.81. The number of allylic oxidation sites excluding steroid dienone is 1. The molecule has 1 unspecified atom stereocenters. The number of amidine groups is 1. The minimum absolute atomic E-state index is 0.0968. The molecule has 33 heavy (non-hydrogen) atoms. The first-order valence-electron chi connectivity index (χ1n) is 10.8. The lowest BCUT2D eigenvalue weighted by molar-refractivity contribution is -0.442. The zero-order valence-electron chi connectivity index (χ0n) is 19.2. The molecule has 2 heterocycles. The van der Waals surface area contributed by atoms with Crippen LogP contribution in [0, 0.1) is 5.41 Å². The number of nitrogens with two attached hydrogens (primary N) is 2. The average Bonchev–Trinajstić information content (AvgIpc) is 3.16. The summed E-state index contributed by atoms with van der Waals surface area (Å²) in [5, 5.41) is 6.04. The molecule has 0 bridgehead atoms. The van der Waals surface area contributed by atoms with Gasteiger partial charge in [0.2, 0.25) is 9.63 Å². The molecule has 1 aromatic heterocycles. The summed E-state index contributed by atoms with van der Waals surface area (Å²) in [7, 11) is 0. The largest absolute Gasteiger partial charge is 0.443 e. The highest BCUT2D eigenvalue weighted by Gasteiger charge is 2.23. The summed E-state index contributed by atoms with van der Waals surface area (Å²) in [6, 6.07) is 0. The molecule has 1 aliphatic heterocycles. The quantitative estimate of drug-likeness (QED) is 0.231. The van der Waals surface area contributed by atoms with Crippen molar-refractivity contribution in [1.82, 2.24) is 9.78 Å². The van der Waals surface area contributed by atoms with Gasteiger partial charge in [-0.05, 0) is 25.7 Å². The number of aromatic nitrogens is 2. The fourth-order valence-electron chi connectivity index (χ4n) is 2.79. The third-order valence-electron chi connectivity index (χ3n) is 4.69. The minimum Gasteiger partial charge on any atom is -0.443 e. The molecule has 0 radical (unpaired) electrons. The Morgan fingerprint density at radius 2 is 2.15 bits per heavy atom. The molecular formula is C21H33Cl3N5O4+. The maximum absolute atomic E-state index is 12.1. The molecule has 186 valence electrons. The first kappa shape index (κ1) is 27.9. The van der Waals surface area contributed by atoms with Crippen molar-refractivity contribution in [2.45, 2.75) is 63.1 Å². The van der Waals surface area contributed by atoms with Crippen LogP contribution in [-0.4, -0.2) is 51.6 Å². The highest BCUT2D eigenvalue weighted by atomic mass is 35.6. The van der Waals surface area contributed by atoms with Gasteiger partial charge in [-0.2, -0.15) is 5.10 Å². The zero-order chi connectivity index (χ0) is 24.5. The lowest BCUT2D eigenvalue weighted by Crippen LogP contribution is -2.82. The van der Waals surface area contributed by atoms with E-state index in [9.17, 15) is 4.79 Å². The van der Waals surface area contributed by atoms with Crippen LogP contribution in [0.1, 0.15) is 46.5 Å². The molecule has 0 aromatic carbocycles. The van der Waals surface area contributed by atoms with Gasteiger partial charge < -0.3 is 19.9 Å². The van der Waals surface area contributed by atoms with Gasteiger partial charge in [0, 0.05) is 30.3 Å². The Kier molecular flexibility index (Phi) is 10.9. The van der Waals surface area contributed by atoms with Crippen molar-refractivity contribution in [2.24, 2.45) is 16.1 Å². The fourth-order valence-corrected chi connectivity index (χ4v) is 2.96. The molecule has 4 N–H and O–H groups in total. The van der Waals surface area contributed by atoms with Crippen LogP contribution >= 0.6 is 34.8 Å². The molecule has 9 nitrogen and oxygen atoms in total. The standard InChI is InChI=1S/C21H32Cl3N5O4/c1-20(2,3)16(25)11-17(28-19(30)33-14-21(22,23)24)27-15-12-26-29(13-15)8-6-10-32-18-7-4-5-9-31-18/h11-13,18H,4-10,14,25H2,1-3H3,(H,27,28,30)/p+1/b16-11-. The fraction of sp³-hybridized carbons (Fsp3) is 0.667. The number of carbonyl (C=O) groups excluding carboxylic acids is 1. The average molecular weight is 526 g/mol. The molecule has 1 amide bonds. The lowest BCUT2D eigenvalue weighted by Gasteiger charge is -2.22. The number of nitrogens with zero attached hydrogens (tertiary/aromatic N) is 3. The van der Waals surface area contributed by atoms with E-state index in [1.54, 1.807) is 22.3 Å². The Morgan fingerprint density at radius 3 is 2.79 bits per heavy atom. The van der Waals surface area contributed by atoms with Gasteiger partial charge in [0.1, 0.15) is 12.8 Å². The Balaban J connectivity index is 1.96. The van der Waals surface area contributed by atoms with Crippen molar-refractivity contribution in [3.8, 4) is 0 Å². The van der Waals surface area contributed by atoms with Gasteiger partial charge in [-0.1, -0.05) is 55.6 Å². The highest BCUT2D eigenvalue weighted by molar-refractivity contribution is 6.67. The number of aryl methyl sites for hydroxylation is 1. The van der Waals surface area contributed by atoms with Crippen molar-refractivity contribution >= 4 is 52.4 Å². The van der Waals surface area contributed by atoms with E-state index >= 15 is 0 Å². The molecule has 1 saturated heterocycles. The number of quaternary nitrogens is 1. The number of halogens is 3. The number of hydrogen-bond acceptors (Lipinski definition) is 6. The molecule has 2 rings (SSSR count). The van der Waals surface area contributed by atoms with Crippen molar-refractivity contribution in [2.75, 3.05) is 19.8 Å². The van der Waals surface area contributed by atoms with Crippen LogP contribution in [0.25, 0.3) is 0 Å². The van der Waals surface area contributed by atoms with Crippen LogP contribution < -0.4 is 11.1 Å². The normalized spacial score (nSPS) is 18.4. The number of amides is 1. The van der Waals surface area contributed by atoms with Crippen molar-refractivity contribution < 1.29 is 24.3 Å². The molecular weight excluding hydrogens is 493 g/mol. The third-order valence-corrected chi connectivity index (χ3v) is 5.02. The minimum atomic E-state index is -1.72. The third kappa shape index (κ3) is 11.6. The van der Waals surface area contributed by atoms with Crippen LogP contribution in [0.5, 0.6) is 0 Å². The number of alkyl halides is 3. The second-order valence-electron chi connectivity index (χ2n) is 8.76. The molecule has 0 spiro atoms. The van der Waals surface area contributed by atoms with Crippen LogP contribution in [0.2, 0.25) is 0 Å². The summed E-state index contributed by atoms with van der Waals surface area (Å²) >= 11 is 16.9. The number of carbonyl (C=O) groups is 1. The van der Waals surface area contributed by atoms with Gasteiger partial charge in [0.05, 0.1) is 12.8 Å². The molecule has 1 fully saturated rings. The van der Waals surface area contributed by atoms with Crippen LogP contribution in [0.4, 0.5) is 10.5 Å². The molecule has 12 heteroatoms. The van der Waals surface area contributed by atoms with Crippen molar-refractivity contribution in [3.05, 3.63) is 24.2 Å². The molecule has 0 aliphatic carbocycles. The summed E-state index contributed by atoms with van der Waals surface area (Å²) in [5.41, 5.74) is 7.15.